The Labute approximate surface area is 129 Å². The van der Waals surface area contributed by atoms with Crippen LogP contribution in [0, 0.1) is 11.7 Å². The van der Waals surface area contributed by atoms with Gasteiger partial charge in [0, 0.05) is 61.5 Å². The summed E-state index contributed by atoms with van der Waals surface area (Å²) in [6.45, 7) is 5.65. The molecule has 1 fully saturated rings. The maximum atomic E-state index is 13.7. The minimum atomic E-state index is -0.214. The van der Waals surface area contributed by atoms with Gasteiger partial charge in [-0.1, -0.05) is 24.6 Å². The summed E-state index contributed by atoms with van der Waals surface area (Å²) in [6.07, 6.45) is 4.85. The van der Waals surface area contributed by atoms with Crippen LogP contribution in [0.25, 0.3) is 0 Å². The van der Waals surface area contributed by atoms with Gasteiger partial charge in [0.15, 0.2) is 0 Å². The SMILES string of the molecule is CCc1nccn1CC1CN(Cc2c(F)cccc2Cl)C1. The van der Waals surface area contributed by atoms with E-state index in [1.54, 1.807) is 12.1 Å². The molecule has 2 heterocycles. The van der Waals surface area contributed by atoms with E-state index in [0.29, 0.717) is 23.0 Å². The fourth-order valence-corrected chi connectivity index (χ4v) is 3.15. The van der Waals surface area contributed by atoms with E-state index < -0.39 is 0 Å². The predicted molar refractivity (Wildman–Crippen MR) is 81.8 cm³/mol. The first-order chi connectivity index (χ1) is 10.2. The summed E-state index contributed by atoms with van der Waals surface area (Å²) >= 11 is 6.07. The van der Waals surface area contributed by atoms with Crippen LogP contribution < -0.4 is 0 Å². The number of benzene rings is 1. The van der Waals surface area contributed by atoms with E-state index in [0.717, 1.165) is 31.9 Å². The quantitative estimate of drug-likeness (QED) is 0.844. The molecule has 0 atom stereocenters. The molecule has 0 amide bonds. The number of halogens is 2. The minimum Gasteiger partial charge on any atom is -0.335 e. The van der Waals surface area contributed by atoms with Gasteiger partial charge in [-0.2, -0.15) is 0 Å². The maximum absolute atomic E-state index is 13.7. The highest BCUT2D eigenvalue weighted by Gasteiger charge is 2.28. The molecule has 0 aliphatic carbocycles. The van der Waals surface area contributed by atoms with Crippen molar-refractivity contribution in [2.24, 2.45) is 5.92 Å². The smallest absolute Gasteiger partial charge is 0.129 e. The van der Waals surface area contributed by atoms with Gasteiger partial charge in [-0.3, -0.25) is 4.90 Å². The van der Waals surface area contributed by atoms with Crippen LogP contribution in [0.1, 0.15) is 18.3 Å². The van der Waals surface area contributed by atoms with E-state index in [1.165, 1.54) is 6.07 Å². The number of rotatable bonds is 5. The van der Waals surface area contributed by atoms with E-state index in [4.69, 9.17) is 11.6 Å². The Balaban J connectivity index is 1.54. The van der Waals surface area contributed by atoms with E-state index >= 15 is 0 Å². The third-order valence-corrected chi connectivity index (χ3v) is 4.40. The van der Waals surface area contributed by atoms with Crippen molar-refractivity contribution in [3.05, 3.63) is 52.8 Å². The lowest BCUT2D eigenvalue weighted by Gasteiger charge is -2.39. The minimum absolute atomic E-state index is 0.214. The highest BCUT2D eigenvalue weighted by molar-refractivity contribution is 6.31. The van der Waals surface area contributed by atoms with Gasteiger partial charge in [-0.15, -0.1) is 0 Å². The Morgan fingerprint density at radius 3 is 2.90 bits per heavy atom. The molecular weight excluding hydrogens is 289 g/mol. The van der Waals surface area contributed by atoms with Crippen LogP contribution in [0.4, 0.5) is 4.39 Å². The van der Waals surface area contributed by atoms with Crippen LogP contribution in [0.3, 0.4) is 0 Å². The first kappa shape index (κ1) is 14.5. The number of aromatic nitrogens is 2. The second-order valence-corrected chi connectivity index (χ2v) is 6.02. The third-order valence-electron chi connectivity index (χ3n) is 4.05. The molecule has 0 saturated carbocycles. The molecule has 0 spiro atoms. The van der Waals surface area contributed by atoms with Gasteiger partial charge in [0.05, 0.1) is 0 Å². The van der Waals surface area contributed by atoms with Gasteiger partial charge >= 0.3 is 0 Å². The fraction of sp³-hybridized carbons (Fsp3) is 0.438. The number of nitrogens with zero attached hydrogens (tertiary/aromatic N) is 3. The van der Waals surface area contributed by atoms with Crippen molar-refractivity contribution in [2.75, 3.05) is 13.1 Å². The van der Waals surface area contributed by atoms with Crippen molar-refractivity contribution in [3.63, 3.8) is 0 Å². The molecule has 1 aromatic heterocycles. The number of hydrogen-bond donors (Lipinski definition) is 0. The zero-order valence-corrected chi connectivity index (χ0v) is 12.9. The molecule has 0 N–H and O–H groups in total. The zero-order valence-electron chi connectivity index (χ0n) is 12.1. The van der Waals surface area contributed by atoms with Gasteiger partial charge in [-0.05, 0) is 12.1 Å². The Morgan fingerprint density at radius 1 is 1.38 bits per heavy atom. The van der Waals surface area contributed by atoms with Gasteiger partial charge in [0.1, 0.15) is 11.6 Å². The van der Waals surface area contributed by atoms with Crippen LogP contribution in [0.2, 0.25) is 5.02 Å². The Bertz CT molecular complexity index is 599. The topological polar surface area (TPSA) is 21.1 Å². The Hall–Kier alpha value is -1.39. The average molecular weight is 308 g/mol. The number of hydrogen-bond acceptors (Lipinski definition) is 2. The Kier molecular flexibility index (Phi) is 4.27. The molecule has 0 radical (unpaired) electrons. The molecule has 1 aliphatic rings. The van der Waals surface area contributed by atoms with Gasteiger partial charge in [-0.25, -0.2) is 9.37 Å². The molecule has 1 aromatic carbocycles. The lowest BCUT2D eigenvalue weighted by atomic mass is 9.99. The maximum Gasteiger partial charge on any atom is 0.129 e. The first-order valence-electron chi connectivity index (χ1n) is 7.32. The second kappa shape index (κ2) is 6.16. The van der Waals surface area contributed by atoms with Crippen molar-refractivity contribution in [3.8, 4) is 0 Å². The summed E-state index contributed by atoms with van der Waals surface area (Å²) in [7, 11) is 0. The first-order valence-corrected chi connectivity index (χ1v) is 7.70. The molecule has 3 nitrogen and oxygen atoms in total. The highest BCUT2D eigenvalue weighted by Crippen LogP contribution is 2.25. The van der Waals surface area contributed by atoms with Crippen LogP contribution in [-0.4, -0.2) is 27.5 Å². The summed E-state index contributed by atoms with van der Waals surface area (Å²) in [5, 5.41) is 0.515. The third kappa shape index (κ3) is 3.11. The van der Waals surface area contributed by atoms with E-state index in [1.807, 2.05) is 12.4 Å². The molecular formula is C16H19ClFN3. The van der Waals surface area contributed by atoms with Gasteiger partial charge in [0.2, 0.25) is 0 Å². The summed E-state index contributed by atoms with van der Waals surface area (Å²) in [5.74, 6) is 1.52. The summed E-state index contributed by atoms with van der Waals surface area (Å²) < 4.78 is 16.0. The number of aryl methyl sites for hydroxylation is 1. The standard InChI is InChI=1S/C16H19ClFN3/c1-2-16-19-6-7-21(16)10-12-8-20(9-12)11-13-14(17)4-3-5-15(13)18/h3-7,12H,2,8-11H2,1H3. The van der Waals surface area contributed by atoms with E-state index in [-0.39, 0.29) is 5.82 Å². The van der Waals surface area contributed by atoms with Crippen LogP contribution in [0.15, 0.2) is 30.6 Å². The van der Waals surface area contributed by atoms with Crippen LogP contribution in [-0.2, 0) is 19.5 Å². The van der Waals surface area contributed by atoms with Crippen molar-refractivity contribution < 1.29 is 4.39 Å². The fourth-order valence-electron chi connectivity index (χ4n) is 2.93. The van der Waals surface area contributed by atoms with E-state index in [2.05, 4.69) is 21.4 Å². The van der Waals surface area contributed by atoms with Crippen molar-refractivity contribution in [1.82, 2.24) is 14.5 Å². The number of likely N-dealkylation sites (tertiary alicyclic amines) is 1. The van der Waals surface area contributed by atoms with Gasteiger partial charge in [0.25, 0.3) is 0 Å². The van der Waals surface area contributed by atoms with Crippen molar-refractivity contribution in [1.29, 1.82) is 0 Å². The van der Waals surface area contributed by atoms with Crippen molar-refractivity contribution in [2.45, 2.75) is 26.4 Å². The molecule has 21 heavy (non-hydrogen) atoms. The monoisotopic (exact) mass is 307 g/mol. The molecule has 1 aliphatic heterocycles. The summed E-state index contributed by atoms with van der Waals surface area (Å²) in [4.78, 5) is 6.57. The zero-order chi connectivity index (χ0) is 14.8. The largest absolute Gasteiger partial charge is 0.335 e. The molecule has 3 rings (SSSR count). The molecule has 0 bridgehead atoms. The van der Waals surface area contributed by atoms with Crippen molar-refractivity contribution >= 4 is 11.6 Å². The molecule has 2 aromatic rings. The lowest BCUT2D eigenvalue weighted by molar-refractivity contribution is 0.0786. The van der Waals surface area contributed by atoms with Crippen LogP contribution >= 0.6 is 11.6 Å². The summed E-state index contributed by atoms with van der Waals surface area (Å²) in [5.41, 5.74) is 0.606. The van der Waals surface area contributed by atoms with Crippen LogP contribution in [0.5, 0.6) is 0 Å². The molecule has 5 heteroatoms. The highest BCUT2D eigenvalue weighted by atomic mass is 35.5. The number of imidazole rings is 1. The average Bonchev–Trinajstić information content (AvgIpc) is 2.87. The molecule has 1 saturated heterocycles. The van der Waals surface area contributed by atoms with Gasteiger partial charge < -0.3 is 4.57 Å². The predicted octanol–water partition coefficient (Wildman–Crippen LogP) is 3.37. The molecule has 112 valence electrons. The summed E-state index contributed by atoms with van der Waals surface area (Å²) in [6, 6.07) is 4.86. The second-order valence-electron chi connectivity index (χ2n) is 5.61. The lowest BCUT2D eigenvalue weighted by Crippen LogP contribution is -2.47. The molecule has 0 unspecified atom stereocenters. The normalized spacial score (nSPS) is 16.1. The Morgan fingerprint density at radius 2 is 2.19 bits per heavy atom. The van der Waals surface area contributed by atoms with E-state index in [9.17, 15) is 4.39 Å².